The first-order valence-electron chi connectivity index (χ1n) is 9.02. The van der Waals surface area contributed by atoms with Crippen LogP contribution in [0.25, 0.3) is 0 Å². The van der Waals surface area contributed by atoms with Gasteiger partial charge in [0.1, 0.15) is 23.1 Å². The summed E-state index contributed by atoms with van der Waals surface area (Å²) in [6, 6.07) is 23.5. The van der Waals surface area contributed by atoms with Gasteiger partial charge in [0.05, 0.1) is 7.11 Å². The van der Waals surface area contributed by atoms with Gasteiger partial charge in [-0.1, -0.05) is 60.2 Å². The molecule has 0 radical (unpaired) electrons. The molecule has 0 atom stereocenters. The fraction of sp³-hybridized carbons (Fsp3) is 0.174. The molecule has 1 N–H and O–H groups in total. The Morgan fingerprint density at radius 1 is 0.929 bits per heavy atom. The zero-order chi connectivity index (χ0) is 19.8. The lowest BCUT2D eigenvalue weighted by Gasteiger charge is -2.11. The van der Waals surface area contributed by atoms with Crippen LogP contribution in [0.3, 0.4) is 0 Å². The van der Waals surface area contributed by atoms with Crippen molar-refractivity contribution < 1.29 is 9.47 Å². The lowest BCUT2D eigenvalue weighted by Crippen LogP contribution is -2.24. The molecule has 3 aromatic carbocycles. The molecule has 0 saturated carbocycles. The number of rotatable bonds is 8. The second kappa shape index (κ2) is 10.1. The van der Waals surface area contributed by atoms with E-state index in [4.69, 9.17) is 33.3 Å². The Balaban J connectivity index is 1.50. The van der Waals surface area contributed by atoms with Crippen LogP contribution in [-0.4, -0.2) is 18.6 Å². The van der Waals surface area contributed by atoms with Gasteiger partial charge in [-0.05, 0) is 53.9 Å². The number of hydrogen-bond donors (Lipinski definition) is 1. The minimum absolute atomic E-state index is 0.484. The Labute approximate surface area is 176 Å². The molecule has 0 aromatic heterocycles. The molecule has 0 saturated heterocycles. The van der Waals surface area contributed by atoms with Gasteiger partial charge in [-0.15, -0.1) is 0 Å². The number of nitrogens with one attached hydrogen (secondary N) is 1. The van der Waals surface area contributed by atoms with Gasteiger partial charge in [-0.2, -0.15) is 0 Å². The zero-order valence-corrected chi connectivity index (χ0v) is 17.2. The predicted molar refractivity (Wildman–Crippen MR) is 119 cm³/mol. The molecule has 0 unspecified atom stereocenters. The maximum absolute atomic E-state index is 5.91. The van der Waals surface area contributed by atoms with Crippen molar-refractivity contribution in [3.05, 3.63) is 94.5 Å². The van der Waals surface area contributed by atoms with Gasteiger partial charge < -0.3 is 14.8 Å². The first kappa shape index (κ1) is 20.2. The molecule has 5 heteroatoms. The van der Waals surface area contributed by atoms with Gasteiger partial charge >= 0.3 is 0 Å². The first-order valence-corrected chi connectivity index (χ1v) is 9.81. The van der Waals surface area contributed by atoms with Crippen molar-refractivity contribution in [2.45, 2.75) is 13.0 Å². The maximum atomic E-state index is 5.91. The molecule has 0 aliphatic carbocycles. The van der Waals surface area contributed by atoms with Crippen molar-refractivity contribution >= 4 is 28.8 Å². The Kier molecular flexibility index (Phi) is 7.29. The van der Waals surface area contributed by atoms with Gasteiger partial charge in [0.25, 0.3) is 0 Å². The van der Waals surface area contributed by atoms with E-state index in [1.165, 1.54) is 5.56 Å². The van der Waals surface area contributed by atoms with Crippen molar-refractivity contribution in [1.29, 1.82) is 0 Å². The van der Waals surface area contributed by atoms with Gasteiger partial charge in [0, 0.05) is 17.1 Å². The third-order valence-corrected chi connectivity index (χ3v) is 4.91. The van der Waals surface area contributed by atoms with Crippen LogP contribution in [-0.2, 0) is 13.0 Å². The van der Waals surface area contributed by atoms with E-state index in [1.807, 2.05) is 60.7 Å². The van der Waals surface area contributed by atoms with E-state index in [0.29, 0.717) is 11.6 Å². The quantitative estimate of drug-likeness (QED) is 0.500. The van der Waals surface area contributed by atoms with E-state index >= 15 is 0 Å². The topological polar surface area (TPSA) is 30.5 Å². The minimum Gasteiger partial charge on any atom is -0.497 e. The van der Waals surface area contributed by atoms with Crippen LogP contribution in [0.4, 0.5) is 0 Å². The maximum Gasteiger partial charge on any atom is 0.120 e. The van der Waals surface area contributed by atoms with Crippen molar-refractivity contribution in [2.75, 3.05) is 13.7 Å². The third kappa shape index (κ3) is 5.98. The normalized spacial score (nSPS) is 10.4. The molecule has 0 fully saturated rings. The third-order valence-electron chi connectivity index (χ3n) is 4.27. The van der Waals surface area contributed by atoms with E-state index in [9.17, 15) is 0 Å². The van der Waals surface area contributed by atoms with Gasteiger partial charge in [-0.25, -0.2) is 0 Å². The SMILES string of the molecule is COc1ccc(CCNC(=S)c2cccc(OCc3ccc(Cl)cc3)c2)cc1. The number of benzene rings is 3. The second-order valence-corrected chi connectivity index (χ2v) is 7.14. The van der Waals surface area contributed by atoms with Crippen LogP contribution in [0.15, 0.2) is 72.8 Å². The Hall–Kier alpha value is -2.56. The van der Waals surface area contributed by atoms with Crippen LogP contribution < -0.4 is 14.8 Å². The predicted octanol–water partition coefficient (Wildman–Crippen LogP) is 5.44. The Morgan fingerprint density at radius 2 is 1.64 bits per heavy atom. The number of thiocarbonyl (C=S) groups is 1. The molecule has 3 nitrogen and oxygen atoms in total. The van der Waals surface area contributed by atoms with Crippen molar-refractivity contribution in [3.63, 3.8) is 0 Å². The highest BCUT2D eigenvalue weighted by molar-refractivity contribution is 7.80. The smallest absolute Gasteiger partial charge is 0.120 e. The Bertz CT molecular complexity index is 911. The van der Waals surface area contributed by atoms with Crippen LogP contribution in [0.2, 0.25) is 5.02 Å². The monoisotopic (exact) mass is 411 g/mol. The number of halogens is 1. The molecule has 0 aliphatic heterocycles. The number of hydrogen-bond acceptors (Lipinski definition) is 3. The molecular weight excluding hydrogens is 390 g/mol. The summed E-state index contributed by atoms with van der Waals surface area (Å²) in [4.78, 5) is 0.713. The Morgan fingerprint density at radius 3 is 2.36 bits per heavy atom. The highest BCUT2D eigenvalue weighted by Gasteiger charge is 2.04. The standard InChI is InChI=1S/C23H22ClNO2S/c1-26-21-11-7-17(8-12-21)13-14-25-23(28)19-3-2-4-22(15-19)27-16-18-5-9-20(24)10-6-18/h2-12,15H,13-14,16H2,1H3,(H,25,28). The van der Waals surface area contributed by atoms with E-state index in [-0.39, 0.29) is 0 Å². The highest BCUT2D eigenvalue weighted by atomic mass is 35.5. The average Bonchev–Trinajstić information content (AvgIpc) is 2.74. The summed E-state index contributed by atoms with van der Waals surface area (Å²) in [6.07, 6.45) is 0.886. The van der Waals surface area contributed by atoms with Gasteiger partial charge in [-0.3, -0.25) is 0 Å². The summed E-state index contributed by atoms with van der Waals surface area (Å²) in [6.45, 7) is 1.25. The molecule has 28 heavy (non-hydrogen) atoms. The summed E-state index contributed by atoms with van der Waals surface area (Å²) in [5, 5.41) is 4.03. The summed E-state index contributed by atoms with van der Waals surface area (Å²) in [5.74, 6) is 1.65. The van der Waals surface area contributed by atoms with Crippen molar-refractivity contribution in [3.8, 4) is 11.5 Å². The molecule has 3 rings (SSSR count). The van der Waals surface area contributed by atoms with E-state index in [2.05, 4.69) is 17.4 Å². The molecule has 0 amide bonds. The lowest BCUT2D eigenvalue weighted by molar-refractivity contribution is 0.306. The summed E-state index contributed by atoms with van der Waals surface area (Å²) in [5.41, 5.74) is 3.24. The first-order chi connectivity index (χ1) is 13.6. The minimum atomic E-state index is 0.484. The summed E-state index contributed by atoms with van der Waals surface area (Å²) < 4.78 is 11.1. The van der Waals surface area contributed by atoms with E-state index in [1.54, 1.807) is 7.11 Å². The number of methoxy groups -OCH3 is 1. The largest absolute Gasteiger partial charge is 0.497 e. The molecular formula is C23H22ClNO2S. The van der Waals surface area contributed by atoms with Gasteiger partial charge in [0.15, 0.2) is 0 Å². The molecule has 0 spiro atoms. The second-order valence-electron chi connectivity index (χ2n) is 6.30. The van der Waals surface area contributed by atoms with Crippen molar-refractivity contribution in [1.82, 2.24) is 5.32 Å². The van der Waals surface area contributed by atoms with Crippen LogP contribution in [0, 0.1) is 0 Å². The van der Waals surface area contributed by atoms with E-state index in [0.717, 1.165) is 40.6 Å². The van der Waals surface area contributed by atoms with E-state index < -0.39 is 0 Å². The highest BCUT2D eigenvalue weighted by Crippen LogP contribution is 2.17. The summed E-state index contributed by atoms with van der Waals surface area (Å²) >= 11 is 11.4. The molecule has 0 heterocycles. The molecule has 3 aromatic rings. The number of ether oxygens (including phenoxy) is 2. The molecule has 144 valence electrons. The molecule has 0 aliphatic rings. The van der Waals surface area contributed by atoms with Crippen LogP contribution >= 0.6 is 23.8 Å². The molecule has 0 bridgehead atoms. The van der Waals surface area contributed by atoms with Crippen LogP contribution in [0.1, 0.15) is 16.7 Å². The lowest BCUT2D eigenvalue weighted by atomic mass is 10.1. The van der Waals surface area contributed by atoms with Gasteiger partial charge in [0.2, 0.25) is 0 Å². The summed E-state index contributed by atoms with van der Waals surface area (Å²) in [7, 11) is 1.67. The fourth-order valence-corrected chi connectivity index (χ4v) is 3.04. The van der Waals surface area contributed by atoms with Crippen LogP contribution in [0.5, 0.6) is 11.5 Å². The van der Waals surface area contributed by atoms with Crippen molar-refractivity contribution in [2.24, 2.45) is 0 Å². The fourth-order valence-electron chi connectivity index (χ4n) is 2.69. The zero-order valence-electron chi connectivity index (χ0n) is 15.7. The average molecular weight is 412 g/mol.